The van der Waals surface area contributed by atoms with Crippen LogP contribution in [0.1, 0.15) is 24.0 Å². The lowest BCUT2D eigenvalue weighted by Gasteiger charge is -2.35. The SMILES string of the molecule is Cc1ccc2c(c1)N1CC(N)CCC1C2. The first-order valence-electron chi connectivity index (χ1n) is 5.86. The van der Waals surface area contributed by atoms with Crippen molar-refractivity contribution in [1.82, 2.24) is 0 Å². The van der Waals surface area contributed by atoms with Crippen molar-refractivity contribution in [2.75, 3.05) is 11.4 Å². The zero-order chi connectivity index (χ0) is 10.4. The smallest absolute Gasteiger partial charge is 0.0405 e. The van der Waals surface area contributed by atoms with Gasteiger partial charge in [-0.25, -0.2) is 0 Å². The average molecular weight is 202 g/mol. The van der Waals surface area contributed by atoms with Crippen molar-refractivity contribution in [1.29, 1.82) is 0 Å². The maximum Gasteiger partial charge on any atom is 0.0405 e. The first-order chi connectivity index (χ1) is 7.24. The molecule has 1 aromatic rings. The summed E-state index contributed by atoms with van der Waals surface area (Å²) < 4.78 is 0. The zero-order valence-corrected chi connectivity index (χ0v) is 9.24. The van der Waals surface area contributed by atoms with Crippen molar-refractivity contribution in [2.24, 2.45) is 5.73 Å². The van der Waals surface area contributed by atoms with E-state index in [0.717, 1.165) is 12.6 Å². The number of anilines is 1. The highest BCUT2D eigenvalue weighted by molar-refractivity contribution is 5.61. The third-order valence-corrected chi connectivity index (χ3v) is 3.75. The minimum absolute atomic E-state index is 0.368. The topological polar surface area (TPSA) is 29.3 Å². The van der Waals surface area contributed by atoms with Crippen LogP contribution in [0.2, 0.25) is 0 Å². The Morgan fingerprint density at radius 3 is 3.07 bits per heavy atom. The number of aryl methyl sites for hydroxylation is 1. The maximum absolute atomic E-state index is 6.04. The van der Waals surface area contributed by atoms with Gasteiger partial charge in [0.25, 0.3) is 0 Å². The lowest BCUT2D eigenvalue weighted by Crippen LogP contribution is -2.47. The molecule has 2 nitrogen and oxygen atoms in total. The predicted molar refractivity (Wildman–Crippen MR) is 63.2 cm³/mol. The second kappa shape index (κ2) is 3.24. The van der Waals surface area contributed by atoms with Crippen LogP contribution < -0.4 is 10.6 Å². The molecule has 2 aliphatic heterocycles. The monoisotopic (exact) mass is 202 g/mol. The lowest BCUT2D eigenvalue weighted by atomic mass is 9.99. The molecule has 2 heterocycles. The van der Waals surface area contributed by atoms with E-state index < -0.39 is 0 Å². The molecule has 0 spiro atoms. The van der Waals surface area contributed by atoms with E-state index in [-0.39, 0.29) is 0 Å². The number of piperidine rings is 1. The number of nitrogens with two attached hydrogens (primary N) is 1. The summed E-state index contributed by atoms with van der Waals surface area (Å²) in [5.74, 6) is 0. The number of benzene rings is 1. The first-order valence-corrected chi connectivity index (χ1v) is 5.86. The van der Waals surface area contributed by atoms with Gasteiger partial charge in [0.1, 0.15) is 0 Å². The summed E-state index contributed by atoms with van der Waals surface area (Å²) in [7, 11) is 0. The standard InChI is InChI=1S/C13H18N2/c1-9-2-3-10-7-12-5-4-11(14)8-15(12)13(10)6-9/h2-3,6,11-12H,4-5,7-8,14H2,1H3. The number of fused-ring (bicyclic) bond motifs is 3. The van der Waals surface area contributed by atoms with E-state index in [4.69, 9.17) is 5.73 Å². The molecule has 2 unspecified atom stereocenters. The van der Waals surface area contributed by atoms with Gasteiger partial charge in [0.15, 0.2) is 0 Å². The largest absolute Gasteiger partial charge is 0.366 e. The molecule has 0 amide bonds. The van der Waals surface area contributed by atoms with Crippen molar-refractivity contribution < 1.29 is 0 Å². The fourth-order valence-corrected chi connectivity index (χ4v) is 2.93. The summed E-state index contributed by atoms with van der Waals surface area (Å²) in [5.41, 5.74) is 10.4. The summed E-state index contributed by atoms with van der Waals surface area (Å²) in [4.78, 5) is 2.52. The van der Waals surface area contributed by atoms with Crippen molar-refractivity contribution in [3.8, 4) is 0 Å². The molecule has 15 heavy (non-hydrogen) atoms. The van der Waals surface area contributed by atoms with Gasteiger partial charge >= 0.3 is 0 Å². The molecule has 2 N–H and O–H groups in total. The summed E-state index contributed by atoms with van der Waals surface area (Å²) in [6.45, 7) is 3.21. The van der Waals surface area contributed by atoms with Gasteiger partial charge in [-0.15, -0.1) is 0 Å². The van der Waals surface area contributed by atoms with E-state index >= 15 is 0 Å². The minimum Gasteiger partial charge on any atom is -0.366 e. The van der Waals surface area contributed by atoms with E-state index in [1.807, 2.05) is 0 Å². The molecule has 1 aromatic carbocycles. The Morgan fingerprint density at radius 2 is 2.20 bits per heavy atom. The molecule has 2 atom stereocenters. The third-order valence-electron chi connectivity index (χ3n) is 3.75. The molecule has 1 saturated heterocycles. The Balaban J connectivity index is 1.98. The molecule has 0 aliphatic carbocycles. The Bertz CT molecular complexity index is 386. The van der Waals surface area contributed by atoms with E-state index in [1.54, 1.807) is 0 Å². The van der Waals surface area contributed by atoms with Gasteiger partial charge < -0.3 is 10.6 Å². The fourth-order valence-electron chi connectivity index (χ4n) is 2.93. The van der Waals surface area contributed by atoms with Gasteiger partial charge in [-0.2, -0.15) is 0 Å². The Labute approximate surface area is 91.1 Å². The van der Waals surface area contributed by atoms with Crippen molar-refractivity contribution in [2.45, 2.75) is 38.3 Å². The highest BCUT2D eigenvalue weighted by atomic mass is 15.2. The van der Waals surface area contributed by atoms with Crippen LogP contribution in [0.3, 0.4) is 0 Å². The number of hydrogen-bond acceptors (Lipinski definition) is 2. The molecule has 1 fully saturated rings. The summed E-state index contributed by atoms with van der Waals surface area (Å²) in [6.07, 6.45) is 3.67. The number of rotatable bonds is 0. The van der Waals surface area contributed by atoms with Gasteiger partial charge in [-0.05, 0) is 43.4 Å². The van der Waals surface area contributed by atoms with Gasteiger partial charge in [-0.3, -0.25) is 0 Å². The van der Waals surface area contributed by atoms with Crippen LogP contribution >= 0.6 is 0 Å². The molecule has 3 rings (SSSR count). The molecular weight excluding hydrogens is 184 g/mol. The second-order valence-corrected chi connectivity index (χ2v) is 4.98. The van der Waals surface area contributed by atoms with E-state index in [9.17, 15) is 0 Å². The van der Waals surface area contributed by atoms with Gasteiger partial charge in [0, 0.05) is 24.3 Å². The fraction of sp³-hybridized carbons (Fsp3) is 0.538. The van der Waals surface area contributed by atoms with Crippen LogP contribution in [0.25, 0.3) is 0 Å². The van der Waals surface area contributed by atoms with Crippen molar-refractivity contribution in [3.05, 3.63) is 29.3 Å². The number of nitrogens with zero attached hydrogens (tertiary/aromatic N) is 1. The average Bonchev–Trinajstić information content (AvgIpc) is 2.56. The van der Waals surface area contributed by atoms with Crippen LogP contribution in [-0.2, 0) is 6.42 Å². The highest BCUT2D eigenvalue weighted by Gasteiger charge is 2.33. The van der Waals surface area contributed by atoms with Gasteiger partial charge in [-0.1, -0.05) is 12.1 Å². The van der Waals surface area contributed by atoms with E-state index in [1.165, 1.54) is 36.1 Å². The van der Waals surface area contributed by atoms with E-state index in [2.05, 4.69) is 30.0 Å². The summed E-state index contributed by atoms with van der Waals surface area (Å²) in [5, 5.41) is 0. The first kappa shape index (κ1) is 9.22. The van der Waals surface area contributed by atoms with Crippen LogP contribution in [0.15, 0.2) is 18.2 Å². The van der Waals surface area contributed by atoms with Crippen LogP contribution in [0.4, 0.5) is 5.69 Å². The highest BCUT2D eigenvalue weighted by Crippen LogP contribution is 2.36. The van der Waals surface area contributed by atoms with Gasteiger partial charge in [0.05, 0.1) is 0 Å². The van der Waals surface area contributed by atoms with Crippen LogP contribution in [0, 0.1) is 6.92 Å². The van der Waals surface area contributed by atoms with E-state index in [0.29, 0.717) is 6.04 Å². The predicted octanol–water partition coefficient (Wildman–Crippen LogP) is 1.85. The van der Waals surface area contributed by atoms with Crippen LogP contribution in [-0.4, -0.2) is 18.6 Å². The zero-order valence-electron chi connectivity index (χ0n) is 9.24. The second-order valence-electron chi connectivity index (χ2n) is 4.98. The molecule has 0 aromatic heterocycles. The molecular formula is C13H18N2. The third kappa shape index (κ3) is 1.44. The lowest BCUT2D eigenvalue weighted by molar-refractivity contribution is 0.433. The molecule has 2 heteroatoms. The Hall–Kier alpha value is -1.02. The summed E-state index contributed by atoms with van der Waals surface area (Å²) >= 11 is 0. The molecule has 80 valence electrons. The molecule has 0 radical (unpaired) electrons. The van der Waals surface area contributed by atoms with Crippen molar-refractivity contribution in [3.63, 3.8) is 0 Å². The molecule has 0 saturated carbocycles. The molecule has 2 aliphatic rings. The van der Waals surface area contributed by atoms with Crippen molar-refractivity contribution >= 4 is 5.69 Å². The van der Waals surface area contributed by atoms with Gasteiger partial charge in [0.2, 0.25) is 0 Å². The van der Waals surface area contributed by atoms with Crippen LogP contribution in [0.5, 0.6) is 0 Å². The summed E-state index contributed by atoms with van der Waals surface area (Å²) in [6, 6.07) is 7.91. The Kier molecular flexibility index (Phi) is 1.99. The minimum atomic E-state index is 0.368. The normalized spacial score (nSPS) is 28.8. The quantitative estimate of drug-likeness (QED) is 0.695. The maximum atomic E-state index is 6.04. The Morgan fingerprint density at radius 1 is 1.33 bits per heavy atom. The molecule has 0 bridgehead atoms. The number of hydrogen-bond donors (Lipinski definition) is 1.